The van der Waals surface area contributed by atoms with Gasteiger partial charge in [-0.2, -0.15) is 0 Å². The van der Waals surface area contributed by atoms with Crippen LogP contribution in [0.4, 0.5) is 9.59 Å². The zero-order valence-electron chi connectivity index (χ0n) is 24.8. The van der Waals surface area contributed by atoms with E-state index in [9.17, 15) is 9.59 Å². The van der Waals surface area contributed by atoms with E-state index in [4.69, 9.17) is 14.2 Å². The number of nitrogens with zero attached hydrogens (tertiary/aromatic N) is 2. The number of nitrogens with one attached hydrogen (secondary N) is 1. The molecule has 8 nitrogen and oxygen atoms in total. The minimum Gasteiger partial charge on any atom is -0.449 e. The van der Waals surface area contributed by atoms with Crippen LogP contribution in [0.15, 0.2) is 78.9 Å². The Morgan fingerprint density at radius 3 is 2.10 bits per heavy atom. The van der Waals surface area contributed by atoms with Gasteiger partial charge in [-0.05, 0) is 70.3 Å². The van der Waals surface area contributed by atoms with Crippen molar-refractivity contribution in [2.75, 3.05) is 32.8 Å². The Labute approximate surface area is 247 Å². The van der Waals surface area contributed by atoms with Gasteiger partial charge in [-0.3, -0.25) is 0 Å². The van der Waals surface area contributed by atoms with Crippen LogP contribution in [-0.4, -0.2) is 66.1 Å². The number of benzene rings is 3. The minimum atomic E-state index is -0.575. The molecule has 1 atom stereocenters. The number of hydrogen-bond acceptors (Lipinski definition) is 6. The van der Waals surface area contributed by atoms with Gasteiger partial charge in [-0.25, -0.2) is 14.2 Å². The maximum absolute atomic E-state index is 13.3. The predicted molar refractivity (Wildman–Crippen MR) is 165 cm³/mol. The van der Waals surface area contributed by atoms with Gasteiger partial charge in [0.2, 0.25) is 0 Å². The third-order valence-corrected chi connectivity index (χ3v) is 7.54. The molecule has 4 aromatic rings. The SMILES string of the molecule is CC(C)(C)OC(=O)N[C@H](COCc1ccccc1)CN1CCC(COC(=O)n2c3ccccc3c3ccccc32)CC1. The Bertz CT molecular complexity index is 1430. The molecule has 0 bridgehead atoms. The number of piperidine rings is 1. The molecular formula is C34H41N3O5. The molecule has 1 aliphatic heterocycles. The molecule has 8 heteroatoms. The molecule has 2 heterocycles. The zero-order valence-corrected chi connectivity index (χ0v) is 24.8. The van der Waals surface area contributed by atoms with Crippen LogP contribution in [0.3, 0.4) is 0 Å². The van der Waals surface area contributed by atoms with Gasteiger partial charge >= 0.3 is 12.2 Å². The van der Waals surface area contributed by atoms with E-state index < -0.39 is 11.7 Å². The summed E-state index contributed by atoms with van der Waals surface area (Å²) in [7, 11) is 0. The van der Waals surface area contributed by atoms with Gasteiger partial charge in [0.25, 0.3) is 0 Å². The molecule has 0 saturated carbocycles. The van der Waals surface area contributed by atoms with Crippen molar-refractivity contribution in [3.8, 4) is 0 Å². The normalized spacial score (nSPS) is 15.5. The van der Waals surface area contributed by atoms with Gasteiger partial charge in [-0.15, -0.1) is 0 Å². The number of hydrogen-bond donors (Lipinski definition) is 1. The molecule has 1 saturated heterocycles. The molecule has 3 aromatic carbocycles. The van der Waals surface area contributed by atoms with Crippen LogP contribution in [0.25, 0.3) is 21.8 Å². The van der Waals surface area contributed by atoms with Gasteiger partial charge in [0.1, 0.15) is 5.60 Å². The molecule has 1 amide bonds. The average Bonchev–Trinajstić information content (AvgIpc) is 3.31. The summed E-state index contributed by atoms with van der Waals surface area (Å²) in [6.07, 6.45) is 1.03. The molecule has 1 fully saturated rings. The minimum absolute atomic E-state index is 0.215. The first kappa shape index (κ1) is 29.6. The predicted octanol–water partition coefficient (Wildman–Crippen LogP) is 6.60. The highest BCUT2D eigenvalue weighted by atomic mass is 16.6. The number of alkyl carbamates (subject to hydrolysis) is 1. The monoisotopic (exact) mass is 571 g/mol. The third-order valence-electron chi connectivity index (χ3n) is 7.54. The van der Waals surface area contributed by atoms with Crippen LogP contribution >= 0.6 is 0 Å². The zero-order chi connectivity index (χ0) is 29.5. The molecule has 0 aliphatic carbocycles. The Kier molecular flexibility index (Phi) is 9.45. The lowest BCUT2D eigenvalue weighted by Crippen LogP contribution is -2.49. The van der Waals surface area contributed by atoms with Crippen molar-refractivity contribution < 1.29 is 23.8 Å². The second kappa shape index (κ2) is 13.4. The second-order valence-corrected chi connectivity index (χ2v) is 12.0. The highest BCUT2D eigenvalue weighted by Gasteiger charge is 2.26. The van der Waals surface area contributed by atoms with Crippen LogP contribution in [0.2, 0.25) is 0 Å². The molecule has 0 unspecified atom stereocenters. The first-order valence-electron chi connectivity index (χ1n) is 14.8. The maximum atomic E-state index is 13.3. The lowest BCUT2D eigenvalue weighted by molar-refractivity contribution is 0.0363. The lowest BCUT2D eigenvalue weighted by Gasteiger charge is -2.34. The van der Waals surface area contributed by atoms with Gasteiger partial charge < -0.3 is 24.4 Å². The van der Waals surface area contributed by atoms with Crippen molar-refractivity contribution in [3.05, 3.63) is 84.4 Å². The summed E-state index contributed by atoms with van der Waals surface area (Å²) < 4.78 is 19.0. The van der Waals surface area contributed by atoms with E-state index in [-0.39, 0.29) is 18.1 Å². The van der Waals surface area contributed by atoms with Crippen molar-refractivity contribution in [2.45, 2.75) is 51.9 Å². The van der Waals surface area contributed by atoms with Gasteiger partial charge in [0, 0.05) is 17.3 Å². The summed E-state index contributed by atoms with van der Waals surface area (Å²) in [5, 5.41) is 5.09. The maximum Gasteiger partial charge on any atom is 0.418 e. The van der Waals surface area contributed by atoms with E-state index in [1.54, 1.807) is 4.57 Å². The topological polar surface area (TPSA) is 82.0 Å². The summed E-state index contributed by atoms with van der Waals surface area (Å²) in [6, 6.07) is 25.6. The number of rotatable bonds is 9. The summed E-state index contributed by atoms with van der Waals surface area (Å²) in [5.74, 6) is 0.282. The highest BCUT2D eigenvalue weighted by molar-refractivity contribution is 6.12. The molecule has 5 rings (SSSR count). The number of carbonyl (C=O) groups is 2. The third kappa shape index (κ3) is 7.69. The number of likely N-dealkylation sites (tertiary alicyclic amines) is 1. The molecule has 0 radical (unpaired) electrons. The van der Waals surface area contributed by atoms with Crippen molar-refractivity contribution in [1.82, 2.24) is 14.8 Å². The average molecular weight is 572 g/mol. The Hall–Kier alpha value is -3.88. The highest BCUT2D eigenvalue weighted by Crippen LogP contribution is 2.29. The molecule has 1 N–H and O–H groups in total. The van der Waals surface area contributed by atoms with E-state index in [2.05, 4.69) is 10.2 Å². The summed E-state index contributed by atoms with van der Waals surface area (Å²) in [4.78, 5) is 28.1. The summed E-state index contributed by atoms with van der Waals surface area (Å²) in [5.41, 5.74) is 2.23. The molecule has 222 valence electrons. The summed E-state index contributed by atoms with van der Waals surface area (Å²) >= 11 is 0. The fourth-order valence-electron chi connectivity index (χ4n) is 5.53. The molecule has 1 aromatic heterocycles. The van der Waals surface area contributed by atoms with Crippen molar-refractivity contribution in [2.24, 2.45) is 5.92 Å². The fraction of sp³-hybridized carbons (Fsp3) is 0.412. The largest absolute Gasteiger partial charge is 0.449 e. The number of para-hydroxylation sites is 2. The van der Waals surface area contributed by atoms with Crippen LogP contribution in [0, 0.1) is 5.92 Å². The Morgan fingerprint density at radius 2 is 1.48 bits per heavy atom. The van der Waals surface area contributed by atoms with E-state index in [0.717, 1.165) is 53.3 Å². The van der Waals surface area contributed by atoms with Crippen molar-refractivity contribution in [3.63, 3.8) is 0 Å². The van der Waals surface area contributed by atoms with E-state index >= 15 is 0 Å². The number of fused-ring (bicyclic) bond motifs is 3. The first-order chi connectivity index (χ1) is 20.3. The van der Waals surface area contributed by atoms with Gasteiger partial charge in [0.05, 0.1) is 36.9 Å². The number of ether oxygens (including phenoxy) is 3. The smallest absolute Gasteiger partial charge is 0.418 e. The number of amides is 1. The van der Waals surface area contributed by atoms with Crippen LogP contribution in [0.1, 0.15) is 39.2 Å². The Balaban J connectivity index is 1.14. The van der Waals surface area contributed by atoms with E-state index in [1.165, 1.54) is 0 Å². The van der Waals surface area contributed by atoms with Crippen molar-refractivity contribution in [1.29, 1.82) is 0 Å². The fourth-order valence-corrected chi connectivity index (χ4v) is 5.53. The Morgan fingerprint density at radius 1 is 0.881 bits per heavy atom. The first-order valence-corrected chi connectivity index (χ1v) is 14.8. The van der Waals surface area contributed by atoms with Crippen LogP contribution in [0.5, 0.6) is 0 Å². The molecule has 0 spiro atoms. The molecule has 1 aliphatic rings. The van der Waals surface area contributed by atoms with Crippen LogP contribution < -0.4 is 5.32 Å². The van der Waals surface area contributed by atoms with E-state index in [0.29, 0.717) is 26.4 Å². The number of aromatic nitrogens is 1. The lowest BCUT2D eigenvalue weighted by atomic mass is 9.97. The second-order valence-electron chi connectivity index (χ2n) is 12.0. The van der Waals surface area contributed by atoms with Crippen molar-refractivity contribution >= 4 is 34.0 Å². The number of carbonyl (C=O) groups excluding carboxylic acids is 2. The van der Waals surface area contributed by atoms with E-state index in [1.807, 2.05) is 99.6 Å². The van der Waals surface area contributed by atoms with Crippen LogP contribution in [-0.2, 0) is 20.8 Å². The van der Waals surface area contributed by atoms with Gasteiger partial charge in [0.15, 0.2) is 0 Å². The summed E-state index contributed by atoms with van der Waals surface area (Å²) in [6.45, 7) is 9.16. The molecule has 42 heavy (non-hydrogen) atoms. The standard InChI is InChI=1S/C34H41N3O5/c1-34(2,3)42-32(38)35-27(24-40-22-25-11-5-4-6-12-25)21-36-19-17-26(18-20-36)23-41-33(39)37-30-15-9-7-13-28(30)29-14-8-10-16-31(29)37/h4-16,26-27H,17-24H2,1-3H3,(H,35,38)/t27-/m0/s1. The quantitative estimate of drug-likeness (QED) is 0.244. The van der Waals surface area contributed by atoms with Gasteiger partial charge in [-0.1, -0.05) is 66.7 Å². The molecular weight excluding hydrogens is 530 g/mol.